The zero-order valence-electron chi connectivity index (χ0n) is 17.2. The van der Waals surface area contributed by atoms with Gasteiger partial charge in [0.1, 0.15) is 11.5 Å². The molecule has 1 aliphatic heterocycles. The van der Waals surface area contributed by atoms with Gasteiger partial charge in [-0.1, -0.05) is 36.4 Å². The summed E-state index contributed by atoms with van der Waals surface area (Å²) in [6, 6.07) is 16.2. The van der Waals surface area contributed by atoms with Crippen LogP contribution in [-0.2, 0) is 19.1 Å². The summed E-state index contributed by atoms with van der Waals surface area (Å²) in [6.07, 6.45) is 0. The summed E-state index contributed by atoms with van der Waals surface area (Å²) in [7, 11) is 2.28. The molecule has 0 bridgehead atoms. The van der Waals surface area contributed by atoms with Crippen molar-refractivity contribution in [2.75, 3.05) is 19.1 Å². The van der Waals surface area contributed by atoms with E-state index in [0.717, 1.165) is 19.1 Å². The molecular weight excluding hydrogens is 414 g/mol. The number of ether oxygens (including phenoxy) is 2. The Hall–Kier alpha value is -4.58. The van der Waals surface area contributed by atoms with E-state index in [9.17, 15) is 24.8 Å². The Morgan fingerprint density at radius 2 is 1.69 bits per heavy atom. The van der Waals surface area contributed by atoms with Crippen molar-refractivity contribution in [2.24, 2.45) is 5.73 Å². The van der Waals surface area contributed by atoms with E-state index < -0.39 is 23.8 Å². The molecule has 0 saturated heterocycles. The van der Waals surface area contributed by atoms with Crippen LogP contribution >= 0.6 is 0 Å². The van der Waals surface area contributed by atoms with Gasteiger partial charge in [0, 0.05) is 5.69 Å². The number of methoxy groups -OCH3 is 2. The van der Waals surface area contributed by atoms with Crippen LogP contribution in [0.4, 0.5) is 5.69 Å². The monoisotopic (exact) mass is 433 g/mol. The summed E-state index contributed by atoms with van der Waals surface area (Å²) < 4.78 is 9.86. The smallest absolute Gasteiger partial charge is 0.355 e. The number of carboxylic acids is 1. The Balaban J connectivity index is 2.41. The Kier molecular flexibility index (Phi) is 6.26. The van der Waals surface area contributed by atoms with Crippen molar-refractivity contribution in [3.8, 4) is 6.07 Å². The first-order valence-corrected chi connectivity index (χ1v) is 9.34. The molecule has 0 aromatic heterocycles. The number of carboxylic acid groups (broad SMARTS) is 1. The van der Waals surface area contributed by atoms with Crippen molar-refractivity contribution in [3.05, 3.63) is 88.4 Å². The van der Waals surface area contributed by atoms with Crippen LogP contribution < -0.4 is 10.6 Å². The molecule has 1 aliphatic rings. The second-order valence-electron chi connectivity index (χ2n) is 6.69. The number of hydrogen-bond donors (Lipinski definition) is 2. The van der Waals surface area contributed by atoms with Crippen molar-refractivity contribution in [1.29, 1.82) is 5.26 Å². The summed E-state index contributed by atoms with van der Waals surface area (Å²) in [5.41, 5.74) is 6.52. The average molecular weight is 433 g/mol. The van der Waals surface area contributed by atoms with Crippen molar-refractivity contribution >= 4 is 23.6 Å². The number of esters is 2. The van der Waals surface area contributed by atoms with E-state index in [1.807, 2.05) is 6.07 Å². The summed E-state index contributed by atoms with van der Waals surface area (Å²) in [5, 5.41) is 19.3. The van der Waals surface area contributed by atoms with E-state index in [2.05, 4.69) is 0 Å². The van der Waals surface area contributed by atoms with Crippen LogP contribution in [0, 0.1) is 11.3 Å². The third-order valence-electron chi connectivity index (χ3n) is 4.96. The number of nitrogens with two attached hydrogens (primary N) is 1. The van der Waals surface area contributed by atoms with Crippen LogP contribution in [0.2, 0.25) is 0 Å². The number of carbonyl (C=O) groups excluding carboxylic acids is 2. The fraction of sp³-hybridized carbons (Fsp3) is 0.130. The zero-order chi connectivity index (χ0) is 23.4. The quantitative estimate of drug-likeness (QED) is 0.679. The molecule has 0 saturated carbocycles. The Morgan fingerprint density at radius 3 is 2.25 bits per heavy atom. The van der Waals surface area contributed by atoms with Crippen LogP contribution in [0.3, 0.4) is 0 Å². The molecule has 1 atom stereocenters. The minimum Gasteiger partial charge on any atom is -0.478 e. The number of nitriles is 1. The van der Waals surface area contributed by atoms with E-state index in [4.69, 9.17) is 15.2 Å². The highest BCUT2D eigenvalue weighted by Gasteiger charge is 2.43. The van der Waals surface area contributed by atoms with Gasteiger partial charge < -0.3 is 20.3 Å². The van der Waals surface area contributed by atoms with E-state index >= 15 is 0 Å². The lowest BCUT2D eigenvalue weighted by molar-refractivity contribution is -0.139. The Labute approximate surface area is 183 Å². The molecule has 0 amide bonds. The van der Waals surface area contributed by atoms with Gasteiger partial charge in [-0.25, -0.2) is 14.4 Å². The van der Waals surface area contributed by atoms with Crippen LogP contribution in [0.15, 0.2) is 77.3 Å². The molecule has 2 aromatic rings. The van der Waals surface area contributed by atoms with Gasteiger partial charge >= 0.3 is 17.9 Å². The Morgan fingerprint density at radius 1 is 1.03 bits per heavy atom. The average Bonchev–Trinajstić information content (AvgIpc) is 2.82. The van der Waals surface area contributed by atoms with E-state index in [1.165, 1.54) is 24.3 Å². The molecule has 3 N–H and O–H groups in total. The first kappa shape index (κ1) is 22.1. The SMILES string of the molecule is COC(=O)C1=C(C(=O)OC)N(c2cccc(C(=O)O)c2)C(N)=C(C#N)C1c1ccccc1. The van der Waals surface area contributed by atoms with Crippen molar-refractivity contribution in [2.45, 2.75) is 5.92 Å². The number of hydrogen-bond acceptors (Lipinski definition) is 8. The molecule has 2 aromatic carbocycles. The van der Waals surface area contributed by atoms with Gasteiger partial charge in [0.15, 0.2) is 0 Å². The fourth-order valence-electron chi connectivity index (χ4n) is 3.56. The third kappa shape index (κ3) is 3.77. The lowest BCUT2D eigenvalue weighted by atomic mass is 9.81. The summed E-state index contributed by atoms with van der Waals surface area (Å²) >= 11 is 0. The van der Waals surface area contributed by atoms with E-state index in [1.54, 1.807) is 30.3 Å². The second-order valence-corrected chi connectivity index (χ2v) is 6.69. The Bertz CT molecular complexity index is 1190. The van der Waals surface area contributed by atoms with Crippen LogP contribution in [-0.4, -0.2) is 37.2 Å². The molecular formula is C23H19N3O6. The van der Waals surface area contributed by atoms with Gasteiger partial charge in [-0.2, -0.15) is 5.26 Å². The molecule has 32 heavy (non-hydrogen) atoms. The molecule has 1 unspecified atom stereocenters. The molecule has 0 aliphatic carbocycles. The molecule has 9 heteroatoms. The first-order chi connectivity index (χ1) is 15.3. The number of nitrogens with zero attached hydrogens (tertiary/aromatic N) is 2. The van der Waals surface area contributed by atoms with Crippen molar-refractivity contribution < 1.29 is 29.0 Å². The van der Waals surface area contributed by atoms with Gasteiger partial charge in [-0.05, 0) is 23.8 Å². The van der Waals surface area contributed by atoms with E-state index in [0.29, 0.717) is 5.56 Å². The number of rotatable bonds is 5. The summed E-state index contributed by atoms with van der Waals surface area (Å²) in [4.78, 5) is 38.4. The topological polar surface area (TPSA) is 143 Å². The van der Waals surface area contributed by atoms with Crippen molar-refractivity contribution in [1.82, 2.24) is 0 Å². The van der Waals surface area contributed by atoms with Gasteiger partial charge in [0.05, 0.1) is 42.9 Å². The number of benzene rings is 2. The summed E-state index contributed by atoms with van der Waals surface area (Å²) in [5.74, 6) is -4.12. The van der Waals surface area contributed by atoms with Crippen LogP contribution in [0.5, 0.6) is 0 Å². The highest BCUT2D eigenvalue weighted by Crippen LogP contribution is 2.43. The molecule has 162 valence electrons. The molecule has 1 heterocycles. The molecule has 0 radical (unpaired) electrons. The molecule has 0 fully saturated rings. The predicted octanol–water partition coefficient (Wildman–Crippen LogP) is 2.28. The van der Waals surface area contributed by atoms with Gasteiger partial charge in [-0.3, -0.25) is 4.90 Å². The zero-order valence-corrected chi connectivity index (χ0v) is 17.2. The largest absolute Gasteiger partial charge is 0.478 e. The van der Waals surface area contributed by atoms with Crippen LogP contribution in [0.1, 0.15) is 21.8 Å². The second kappa shape index (κ2) is 9.06. The van der Waals surface area contributed by atoms with Crippen LogP contribution in [0.25, 0.3) is 0 Å². The maximum atomic E-state index is 12.9. The molecule has 3 rings (SSSR count). The predicted molar refractivity (Wildman–Crippen MR) is 113 cm³/mol. The minimum absolute atomic E-state index is 0.00928. The van der Waals surface area contributed by atoms with Gasteiger partial charge in [0.25, 0.3) is 0 Å². The van der Waals surface area contributed by atoms with Crippen molar-refractivity contribution in [3.63, 3.8) is 0 Å². The number of aromatic carboxylic acids is 1. The fourth-order valence-corrected chi connectivity index (χ4v) is 3.56. The minimum atomic E-state index is -1.20. The van der Waals surface area contributed by atoms with Gasteiger partial charge in [0.2, 0.25) is 0 Å². The van der Waals surface area contributed by atoms with E-state index in [-0.39, 0.29) is 33.9 Å². The maximum Gasteiger partial charge on any atom is 0.355 e. The number of allylic oxidation sites excluding steroid dienone is 1. The molecule has 0 spiro atoms. The standard InChI is InChI=1S/C23H19N3O6/c1-31-22(29)18-17(13-7-4-3-5-8-13)16(12-24)20(25)26(19(18)23(30)32-2)15-10-6-9-14(11-15)21(27)28/h3-11,17H,25H2,1-2H3,(H,27,28). The lowest BCUT2D eigenvalue weighted by Gasteiger charge is -2.36. The number of anilines is 1. The third-order valence-corrected chi connectivity index (χ3v) is 4.96. The maximum absolute atomic E-state index is 12.9. The summed E-state index contributed by atoms with van der Waals surface area (Å²) in [6.45, 7) is 0. The highest BCUT2D eigenvalue weighted by molar-refractivity contribution is 6.06. The number of carbonyl (C=O) groups is 3. The first-order valence-electron chi connectivity index (χ1n) is 9.34. The molecule has 9 nitrogen and oxygen atoms in total. The lowest BCUT2D eigenvalue weighted by Crippen LogP contribution is -2.40. The normalized spacial score (nSPS) is 15.8. The van der Waals surface area contributed by atoms with Gasteiger partial charge in [-0.15, -0.1) is 0 Å². The highest BCUT2D eigenvalue weighted by atomic mass is 16.5.